The molecular formula is C14H11ClF3N. The van der Waals surface area contributed by atoms with Crippen molar-refractivity contribution in [1.29, 1.82) is 0 Å². The fraction of sp³-hybridized carbons (Fsp3) is 0.214. The maximum atomic E-state index is 12.6. The minimum absolute atomic E-state index is 0.259. The van der Waals surface area contributed by atoms with Gasteiger partial charge in [-0.05, 0) is 17.7 Å². The normalized spacial score (nSPS) is 13.3. The Morgan fingerprint density at radius 1 is 1.11 bits per heavy atom. The Morgan fingerprint density at radius 2 is 1.79 bits per heavy atom. The van der Waals surface area contributed by atoms with Crippen molar-refractivity contribution in [2.24, 2.45) is 0 Å². The first-order chi connectivity index (χ1) is 8.97. The lowest BCUT2D eigenvalue weighted by Crippen LogP contribution is -2.07. The van der Waals surface area contributed by atoms with Crippen LogP contribution in [0.3, 0.4) is 0 Å². The highest BCUT2D eigenvalue weighted by molar-refractivity contribution is 6.20. The highest BCUT2D eigenvalue weighted by atomic mass is 35.5. The van der Waals surface area contributed by atoms with Gasteiger partial charge < -0.3 is 0 Å². The van der Waals surface area contributed by atoms with Crippen LogP contribution in [0.1, 0.15) is 22.2 Å². The molecule has 0 aliphatic heterocycles. The summed E-state index contributed by atoms with van der Waals surface area (Å²) in [6, 6.07) is 11.2. The molecule has 1 atom stereocenters. The topological polar surface area (TPSA) is 12.9 Å². The van der Waals surface area contributed by atoms with Gasteiger partial charge in [-0.15, -0.1) is 11.6 Å². The summed E-state index contributed by atoms with van der Waals surface area (Å²) in [5.41, 5.74) is 0.497. The van der Waals surface area contributed by atoms with Gasteiger partial charge in [0.2, 0.25) is 0 Å². The fourth-order valence-corrected chi connectivity index (χ4v) is 2.03. The molecule has 19 heavy (non-hydrogen) atoms. The van der Waals surface area contributed by atoms with Crippen LogP contribution >= 0.6 is 11.6 Å². The molecule has 0 amide bonds. The van der Waals surface area contributed by atoms with E-state index in [-0.39, 0.29) is 6.42 Å². The smallest absolute Gasteiger partial charge is 0.261 e. The van der Waals surface area contributed by atoms with Crippen LogP contribution in [0.4, 0.5) is 13.2 Å². The molecule has 0 aliphatic carbocycles. The van der Waals surface area contributed by atoms with Crippen LogP contribution in [0.2, 0.25) is 0 Å². The average Bonchev–Trinajstić information content (AvgIpc) is 2.39. The van der Waals surface area contributed by atoms with Crippen LogP contribution in [0.25, 0.3) is 0 Å². The van der Waals surface area contributed by atoms with E-state index in [9.17, 15) is 13.2 Å². The van der Waals surface area contributed by atoms with Crippen LogP contribution in [0.15, 0.2) is 48.7 Å². The van der Waals surface area contributed by atoms with Crippen LogP contribution in [-0.2, 0) is 12.6 Å². The summed E-state index contributed by atoms with van der Waals surface area (Å²) in [4.78, 5) is 3.93. The van der Waals surface area contributed by atoms with E-state index in [2.05, 4.69) is 4.98 Å². The van der Waals surface area contributed by atoms with E-state index in [4.69, 9.17) is 11.6 Å². The molecule has 0 N–H and O–H groups in total. The van der Waals surface area contributed by atoms with Crippen molar-refractivity contribution < 1.29 is 13.2 Å². The van der Waals surface area contributed by atoms with Crippen molar-refractivity contribution in [2.45, 2.75) is 18.0 Å². The Bertz CT molecular complexity index is 540. The fourth-order valence-electron chi connectivity index (χ4n) is 1.73. The lowest BCUT2D eigenvalue weighted by Gasteiger charge is -2.11. The van der Waals surface area contributed by atoms with Gasteiger partial charge in [0.05, 0.1) is 10.9 Å². The molecule has 1 heterocycles. The summed E-state index contributed by atoms with van der Waals surface area (Å²) >= 11 is 6.19. The van der Waals surface area contributed by atoms with Gasteiger partial charge in [-0.1, -0.05) is 30.3 Å². The molecule has 2 rings (SSSR count). The molecule has 0 saturated heterocycles. The van der Waals surface area contributed by atoms with E-state index < -0.39 is 17.1 Å². The second-order valence-corrected chi connectivity index (χ2v) is 4.64. The molecule has 1 nitrogen and oxygen atoms in total. The quantitative estimate of drug-likeness (QED) is 0.750. The predicted molar refractivity (Wildman–Crippen MR) is 68.0 cm³/mol. The Morgan fingerprint density at radius 3 is 2.42 bits per heavy atom. The summed E-state index contributed by atoms with van der Waals surface area (Å²) in [5.74, 6) is 0. The summed E-state index contributed by atoms with van der Waals surface area (Å²) in [6.07, 6.45) is -2.94. The molecule has 1 unspecified atom stereocenters. The molecule has 5 heteroatoms. The van der Waals surface area contributed by atoms with E-state index in [0.29, 0.717) is 5.69 Å². The third-order valence-electron chi connectivity index (χ3n) is 2.69. The molecule has 0 aliphatic rings. The molecule has 1 aromatic heterocycles. The first kappa shape index (κ1) is 13.9. The zero-order valence-corrected chi connectivity index (χ0v) is 10.6. The average molecular weight is 286 g/mol. The number of halogens is 4. The molecule has 0 saturated carbocycles. The zero-order chi connectivity index (χ0) is 13.9. The summed E-state index contributed by atoms with van der Waals surface area (Å²) < 4.78 is 37.7. The van der Waals surface area contributed by atoms with Crippen molar-refractivity contribution >= 4 is 11.6 Å². The van der Waals surface area contributed by atoms with Gasteiger partial charge in [0, 0.05) is 18.3 Å². The molecule has 0 radical (unpaired) electrons. The lowest BCUT2D eigenvalue weighted by molar-refractivity contribution is -0.137. The summed E-state index contributed by atoms with van der Waals surface area (Å²) in [6.45, 7) is 0. The van der Waals surface area contributed by atoms with Gasteiger partial charge in [-0.3, -0.25) is 4.98 Å². The van der Waals surface area contributed by atoms with Gasteiger partial charge in [-0.25, -0.2) is 0 Å². The van der Waals surface area contributed by atoms with E-state index >= 15 is 0 Å². The van der Waals surface area contributed by atoms with Crippen molar-refractivity contribution in [2.75, 3.05) is 0 Å². The first-order valence-electron chi connectivity index (χ1n) is 5.68. The van der Waals surface area contributed by atoms with Crippen LogP contribution in [0, 0.1) is 0 Å². The monoisotopic (exact) mass is 285 g/mol. The van der Waals surface area contributed by atoms with Gasteiger partial charge >= 0.3 is 6.18 Å². The number of pyridine rings is 1. The second kappa shape index (κ2) is 5.61. The Kier molecular flexibility index (Phi) is 4.10. The molecule has 2 aromatic rings. The molecule has 0 spiro atoms. The Balaban J connectivity index is 2.16. The van der Waals surface area contributed by atoms with Gasteiger partial charge in [-0.2, -0.15) is 13.2 Å². The number of aromatic nitrogens is 1. The van der Waals surface area contributed by atoms with Gasteiger partial charge in [0.15, 0.2) is 0 Å². The molecule has 1 aromatic carbocycles. The molecule has 0 fully saturated rings. The van der Waals surface area contributed by atoms with E-state index in [1.54, 1.807) is 0 Å². The molecule has 0 bridgehead atoms. The first-order valence-corrected chi connectivity index (χ1v) is 6.11. The van der Waals surface area contributed by atoms with Gasteiger partial charge in [0.1, 0.15) is 0 Å². The molecule has 100 valence electrons. The summed E-state index contributed by atoms with van der Waals surface area (Å²) in [7, 11) is 0. The third kappa shape index (κ3) is 3.70. The highest BCUT2D eigenvalue weighted by Crippen LogP contribution is 2.30. The standard InChI is InChI=1S/C14H11ClF3N/c15-13(10-4-2-1-3-5-10)9-12-8-11(6-7-19-12)14(16,17)18/h1-8,13H,9H2. The van der Waals surface area contributed by atoms with Crippen LogP contribution < -0.4 is 0 Å². The number of rotatable bonds is 3. The maximum Gasteiger partial charge on any atom is 0.416 e. The minimum atomic E-state index is -4.35. The number of hydrogen-bond acceptors (Lipinski definition) is 1. The van der Waals surface area contributed by atoms with Crippen molar-refractivity contribution in [3.63, 3.8) is 0 Å². The predicted octanol–water partition coefficient (Wildman–Crippen LogP) is 4.62. The van der Waals surface area contributed by atoms with Crippen molar-refractivity contribution in [1.82, 2.24) is 4.98 Å². The zero-order valence-electron chi connectivity index (χ0n) is 9.86. The van der Waals surface area contributed by atoms with E-state index in [1.807, 2.05) is 30.3 Å². The number of benzene rings is 1. The van der Waals surface area contributed by atoms with E-state index in [1.165, 1.54) is 0 Å². The van der Waals surface area contributed by atoms with Crippen molar-refractivity contribution in [3.8, 4) is 0 Å². The number of hydrogen-bond donors (Lipinski definition) is 0. The SMILES string of the molecule is FC(F)(F)c1ccnc(CC(Cl)c2ccccc2)c1. The highest BCUT2D eigenvalue weighted by Gasteiger charge is 2.30. The summed E-state index contributed by atoms with van der Waals surface area (Å²) in [5, 5.41) is -0.391. The number of alkyl halides is 4. The minimum Gasteiger partial charge on any atom is -0.261 e. The van der Waals surface area contributed by atoms with Crippen LogP contribution in [-0.4, -0.2) is 4.98 Å². The Labute approximate surface area is 114 Å². The van der Waals surface area contributed by atoms with Crippen LogP contribution in [0.5, 0.6) is 0 Å². The van der Waals surface area contributed by atoms with E-state index in [0.717, 1.165) is 23.9 Å². The maximum absolute atomic E-state index is 12.6. The lowest BCUT2D eigenvalue weighted by atomic mass is 10.1. The number of nitrogens with zero attached hydrogens (tertiary/aromatic N) is 1. The van der Waals surface area contributed by atoms with Crippen molar-refractivity contribution in [3.05, 3.63) is 65.5 Å². The third-order valence-corrected chi connectivity index (χ3v) is 3.10. The van der Waals surface area contributed by atoms with Gasteiger partial charge in [0.25, 0.3) is 0 Å². The largest absolute Gasteiger partial charge is 0.416 e. The Hall–Kier alpha value is -1.55. The second-order valence-electron chi connectivity index (χ2n) is 4.12. The molecular weight excluding hydrogens is 275 g/mol.